The predicted octanol–water partition coefficient (Wildman–Crippen LogP) is 5.07. The quantitative estimate of drug-likeness (QED) is 0.503. The molecule has 140 valence electrons. The molecule has 0 saturated heterocycles. The summed E-state index contributed by atoms with van der Waals surface area (Å²) in [4.78, 5) is 13.9. The van der Waals surface area contributed by atoms with Crippen molar-refractivity contribution < 1.29 is 4.79 Å². The van der Waals surface area contributed by atoms with Gasteiger partial charge in [0.2, 0.25) is 0 Å². The van der Waals surface area contributed by atoms with E-state index < -0.39 is 0 Å². The van der Waals surface area contributed by atoms with Gasteiger partial charge in [-0.2, -0.15) is 10.2 Å². The van der Waals surface area contributed by atoms with E-state index in [9.17, 15) is 4.79 Å². The summed E-state index contributed by atoms with van der Waals surface area (Å²) in [6, 6.07) is 21.8. The Labute approximate surface area is 164 Å². The van der Waals surface area contributed by atoms with E-state index in [0.717, 1.165) is 24.3 Å². The normalized spacial score (nSPS) is 13.1. The second-order valence-corrected chi connectivity index (χ2v) is 6.97. The molecule has 5 heteroatoms. The molecule has 1 aliphatic heterocycles. The van der Waals surface area contributed by atoms with Crippen molar-refractivity contribution in [2.75, 3.05) is 11.4 Å². The second kappa shape index (κ2) is 7.74. The number of aryl methyl sites for hydroxylation is 1. The Kier molecular flexibility index (Phi) is 5.00. The van der Waals surface area contributed by atoms with Gasteiger partial charge in [-0.05, 0) is 66.1 Å². The maximum Gasteiger partial charge on any atom is 0.176 e. The van der Waals surface area contributed by atoms with E-state index in [2.05, 4.69) is 51.5 Å². The first-order chi connectivity index (χ1) is 13.6. The number of rotatable bonds is 5. The van der Waals surface area contributed by atoms with Crippen LogP contribution in [0.15, 0.2) is 77.0 Å². The average Bonchev–Trinajstić information content (AvgIpc) is 3.17. The number of fused-ring (bicyclic) bond motifs is 1. The first-order valence-corrected chi connectivity index (χ1v) is 9.31. The van der Waals surface area contributed by atoms with Gasteiger partial charge >= 0.3 is 0 Å². The highest BCUT2D eigenvalue weighted by Crippen LogP contribution is 2.32. The van der Waals surface area contributed by atoms with E-state index in [1.807, 2.05) is 13.0 Å². The summed E-state index contributed by atoms with van der Waals surface area (Å²) in [6.07, 6.45) is 0. The molecule has 0 amide bonds. The number of nitrogens with zero attached hydrogens (tertiary/aromatic N) is 3. The summed E-state index contributed by atoms with van der Waals surface area (Å²) in [5.74, 6) is -0.0843. The minimum Gasteiger partial charge on any atom is -0.363 e. The van der Waals surface area contributed by atoms with E-state index in [0.29, 0.717) is 11.3 Å². The number of carbonyl (C=O) groups excluding carboxylic acids is 1. The van der Waals surface area contributed by atoms with Gasteiger partial charge in [0.1, 0.15) is 0 Å². The van der Waals surface area contributed by atoms with Crippen LogP contribution >= 0.6 is 0 Å². The standard InChI is InChI=1S/C23H22N4O/c1-16-12-21(27-14-18-4-2-3-5-19(18)15-27)10-11-22(16)26-25-20-8-6-17(7-9-20)23(28)13-24/h2-12H,13-15,24H2,1H3. The van der Waals surface area contributed by atoms with Crippen LogP contribution in [0.2, 0.25) is 0 Å². The molecule has 5 nitrogen and oxygen atoms in total. The topological polar surface area (TPSA) is 71.0 Å². The van der Waals surface area contributed by atoms with Crippen molar-refractivity contribution in [1.82, 2.24) is 0 Å². The summed E-state index contributed by atoms with van der Waals surface area (Å²) < 4.78 is 0. The first kappa shape index (κ1) is 18.1. The van der Waals surface area contributed by atoms with Crippen molar-refractivity contribution in [2.45, 2.75) is 20.0 Å². The lowest BCUT2D eigenvalue weighted by atomic mass is 10.1. The molecule has 0 radical (unpaired) electrons. The highest BCUT2D eigenvalue weighted by Gasteiger charge is 2.18. The van der Waals surface area contributed by atoms with E-state index >= 15 is 0 Å². The lowest BCUT2D eigenvalue weighted by Crippen LogP contribution is -2.14. The van der Waals surface area contributed by atoms with Crippen LogP contribution in [0.3, 0.4) is 0 Å². The Balaban J connectivity index is 1.48. The van der Waals surface area contributed by atoms with Gasteiger partial charge in [0.15, 0.2) is 5.78 Å². The zero-order chi connectivity index (χ0) is 19.5. The molecule has 3 aromatic carbocycles. The van der Waals surface area contributed by atoms with Crippen molar-refractivity contribution in [3.63, 3.8) is 0 Å². The number of benzene rings is 3. The zero-order valence-electron chi connectivity index (χ0n) is 15.8. The third kappa shape index (κ3) is 3.70. The van der Waals surface area contributed by atoms with Crippen LogP contribution in [0.5, 0.6) is 0 Å². The summed E-state index contributed by atoms with van der Waals surface area (Å²) in [5.41, 5.74) is 12.6. The van der Waals surface area contributed by atoms with Gasteiger partial charge in [-0.25, -0.2) is 0 Å². The van der Waals surface area contributed by atoms with Crippen molar-refractivity contribution in [1.29, 1.82) is 0 Å². The molecule has 28 heavy (non-hydrogen) atoms. The van der Waals surface area contributed by atoms with Gasteiger partial charge in [0.05, 0.1) is 17.9 Å². The van der Waals surface area contributed by atoms with Crippen LogP contribution in [0.25, 0.3) is 0 Å². The number of ketones is 1. The number of Topliss-reactive ketones (excluding diaryl/α,β-unsaturated/α-hetero) is 1. The minimum absolute atomic E-state index is 0.00844. The van der Waals surface area contributed by atoms with E-state index in [-0.39, 0.29) is 12.3 Å². The Bertz CT molecular complexity index is 1020. The van der Waals surface area contributed by atoms with Gasteiger partial charge < -0.3 is 10.6 Å². The highest BCUT2D eigenvalue weighted by atomic mass is 16.1. The third-order valence-corrected chi connectivity index (χ3v) is 5.03. The molecular weight excluding hydrogens is 348 g/mol. The molecule has 2 N–H and O–H groups in total. The number of carbonyl (C=O) groups is 1. The molecule has 3 aromatic rings. The SMILES string of the molecule is Cc1cc(N2Cc3ccccc3C2)ccc1N=Nc1ccc(C(=O)CN)cc1. The fourth-order valence-corrected chi connectivity index (χ4v) is 3.41. The maximum absolute atomic E-state index is 11.6. The minimum atomic E-state index is -0.0843. The van der Waals surface area contributed by atoms with Gasteiger partial charge in [0.25, 0.3) is 0 Å². The average molecular weight is 370 g/mol. The summed E-state index contributed by atoms with van der Waals surface area (Å²) in [7, 11) is 0. The van der Waals surface area contributed by atoms with Crippen molar-refractivity contribution in [2.24, 2.45) is 16.0 Å². The van der Waals surface area contributed by atoms with E-state index in [4.69, 9.17) is 5.73 Å². The fraction of sp³-hybridized carbons (Fsp3) is 0.174. The van der Waals surface area contributed by atoms with Crippen molar-refractivity contribution >= 4 is 22.8 Å². The third-order valence-electron chi connectivity index (χ3n) is 5.03. The largest absolute Gasteiger partial charge is 0.363 e. The smallest absolute Gasteiger partial charge is 0.176 e. The van der Waals surface area contributed by atoms with Crippen molar-refractivity contribution in [3.05, 3.63) is 89.0 Å². The van der Waals surface area contributed by atoms with Gasteiger partial charge in [-0.3, -0.25) is 4.79 Å². The van der Waals surface area contributed by atoms with Crippen LogP contribution in [-0.4, -0.2) is 12.3 Å². The molecule has 1 heterocycles. The Morgan fingerprint density at radius 3 is 2.25 bits per heavy atom. The molecule has 0 atom stereocenters. The fourth-order valence-electron chi connectivity index (χ4n) is 3.41. The lowest BCUT2D eigenvalue weighted by Gasteiger charge is -2.18. The van der Waals surface area contributed by atoms with Crippen molar-refractivity contribution in [3.8, 4) is 0 Å². The lowest BCUT2D eigenvalue weighted by molar-refractivity contribution is 0.100. The molecule has 1 aliphatic rings. The maximum atomic E-state index is 11.6. The molecule has 4 rings (SSSR count). The highest BCUT2D eigenvalue weighted by molar-refractivity contribution is 5.97. The van der Waals surface area contributed by atoms with Crippen LogP contribution in [0.1, 0.15) is 27.0 Å². The summed E-state index contributed by atoms with van der Waals surface area (Å²) >= 11 is 0. The number of nitrogens with two attached hydrogens (primary N) is 1. The molecule has 0 bridgehead atoms. The van der Waals surface area contributed by atoms with Crippen LogP contribution in [-0.2, 0) is 13.1 Å². The zero-order valence-corrected chi connectivity index (χ0v) is 15.8. The number of hydrogen-bond donors (Lipinski definition) is 1. The molecule has 0 saturated carbocycles. The molecular formula is C23H22N4O. The number of azo groups is 1. The van der Waals surface area contributed by atoms with Gasteiger partial charge in [0, 0.05) is 24.3 Å². The van der Waals surface area contributed by atoms with Gasteiger partial charge in [-0.1, -0.05) is 24.3 Å². The molecule has 0 fully saturated rings. The Hall–Kier alpha value is -3.31. The van der Waals surface area contributed by atoms with E-state index in [1.165, 1.54) is 16.8 Å². The summed E-state index contributed by atoms with van der Waals surface area (Å²) in [6.45, 7) is 3.92. The molecule has 0 aliphatic carbocycles. The molecule has 0 aromatic heterocycles. The monoisotopic (exact) mass is 370 g/mol. The van der Waals surface area contributed by atoms with Crippen LogP contribution < -0.4 is 10.6 Å². The molecule has 0 spiro atoms. The van der Waals surface area contributed by atoms with Crippen LogP contribution in [0, 0.1) is 6.92 Å². The predicted molar refractivity (Wildman–Crippen MR) is 112 cm³/mol. The first-order valence-electron chi connectivity index (χ1n) is 9.31. The number of anilines is 1. The Morgan fingerprint density at radius 2 is 1.64 bits per heavy atom. The molecule has 0 unspecified atom stereocenters. The summed E-state index contributed by atoms with van der Waals surface area (Å²) in [5, 5.41) is 8.67. The Morgan fingerprint density at radius 1 is 0.964 bits per heavy atom. The second-order valence-electron chi connectivity index (χ2n) is 6.97. The number of hydrogen-bond acceptors (Lipinski definition) is 5. The van der Waals surface area contributed by atoms with E-state index in [1.54, 1.807) is 24.3 Å². The van der Waals surface area contributed by atoms with Crippen LogP contribution in [0.4, 0.5) is 17.1 Å². The van der Waals surface area contributed by atoms with Gasteiger partial charge in [-0.15, -0.1) is 0 Å².